The van der Waals surface area contributed by atoms with Crippen molar-refractivity contribution in [2.24, 2.45) is 0 Å². The maximum Gasteiger partial charge on any atom is 0.256 e. The van der Waals surface area contributed by atoms with Gasteiger partial charge in [-0.1, -0.05) is 35.9 Å². The molecule has 0 spiro atoms. The fourth-order valence-electron chi connectivity index (χ4n) is 2.81. The van der Waals surface area contributed by atoms with Crippen LogP contribution in [0.4, 0.5) is 0 Å². The van der Waals surface area contributed by atoms with E-state index >= 15 is 0 Å². The lowest BCUT2D eigenvalue weighted by molar-refractivity contribution is 0.0786. The second-order valence-electron chi connectivity index (χ2n) is 5.72. The van der Waals surface area contributed by atoms with E-state index in [1.807, 2.05) is 50.4 Å². The van der Waals surface area contributed by atoms with Crippen molar-refractivity contribution < 1.29 is 9.53 Å². The van der Waals surface area contributed by atoms with Gasteiger partial charge in [-0.15, -0.1) is 0 Å². The average molecular weight is 308 g/mol. The van der Waals surface area contributed by atoms with Crippen LogP contribution in [0.3, 0.4) is 0 Å². The molecule has 0 radical (unpaired) electrons. The number of rotatable bonds is 4. The summed E-state index contributed by atoms with van der Waals surface area (Å²) >= 11 is 0. The van der Waals surface area contributed by atoms with Crippen LogP contribution >= 0.6 is 0 Å². The summed E-state index contributed by atoms with van der Waals surface area (Å²) in [6.07, 6.45) is 1.77. The van der Waals surface area contributed by atoms with Crippen molar-refractivity contribution in [1.29, 1.82) is 0 Å². The molecule has 3 rings (SSSR count). The van der Waals surface area contributed by atoms with Crippen molar-refractivity contribution in [1.82, 2.24) is 9.88 Å². The Labute approximate surface area is 135 Å². The van der Waals surface area contributed by atoms with Gasteiger partial charge in [0.25, 0.3) is 5.91 Å². The quantitative estimate of drug-likeness (QED) is 0.797. The Bertz CT molecular complexity index is 851. The molecule has 23 heavy (non-hydrogen) atoms. The third-order valence-electron chi connectivity index (χ3n) is 4.01. The molecule has 0 unspecified atom stereocenters. The number of methoxy groups -OCH3 is 1. The van der Waals surface area contributed by atoms with E-state index in [1.54, 1.807) is 18.2 Å². The van der Waals surface area contributed by atoms with Crippen molar-refractivity contribution in [3.63, 3.8) is 0 Å². The molecule has 1 N–H and O–H groups in total. The number of ether oxygens (including phenoxy) is 1. The van der Waals surface area contributed by atoms with Crippen LogP contribution in [0.25, 0.3) is 10.9 Å². The summed E-state index contributed by atoms with van der Waals surface area (Å²) in [4.78, 5) is 17.6. The number of hydrogen-bond acceptors (Lipinski definition) is 2. The third-order valence-corrected chi connectivity index (χ3v) is 4.01. The summed E-state index contributed by atoms with van der Waals surface area (Å²) in [5, 5.41) is 0.945. The Morgan fingerprint density at radius 1 is 1.22 bits per heavy atom. The van der Waals surface area contributed by atoms with Gasteiger partial charge in [0.15, 0.2) is 0 Å². The number of amides is 1. The number of benzene rings is 2. The topological polar surface area (TPSA) is 45.3 Å². The van der Waals surface area contributed by atoms with Crippen LogP contribution in [0.15, 0.2) is 48.7 Å². The summed E-state index contributed by atoms with van der Waals surface area (Å²) in [7, 11) is 3.46. The molecule has 1 heterocycles. The minimum atomic E-state index is -0.00832. The van der Waals surface area contributed by atoms with Crippen LogP contribution in [0.5, 0.6) is 5.75 Å². The Balaban J connectivity index is 1.87. The van der Waals surface area contributed by atoms with Gasteiger partial charge in [-0.2, -0.15) is 0 Å². The third kappa shape index (κ3) is 2.93. The van der Waals surface area contributed by atoms with Crippen molar-refractivity contribution in [3.8, 4) is 5.75 Å². The predicted molar refractivity (Wildman–Crippen MR) is 91.8 cm³/mol. The molecule has 0 atom stereocenters. The fourth-order valence-corrected chi connectivity index (χ4v) is 2.81. The SMILES string of the molecule is COc1ccc(C)cc1CN(C)C(=O)c1c[nH]c2ccccc12. The first kappa shape index (κ1) is 15.2. The second-order valence-corrected chi connectivity index (χ2v) is 5.72. The number of aromatic amines is 1. The smallest absolute Gasteiger partial charge is 0.256 e. The average Bonchev–Trinajstić information content (AvgIpc) is 2.98. The van der Waals surface area contributed by atoms with Crippen molar-refractivity contribution in [2.75, 3.05) is 14.2 Å². The van der Waals surface area contributed by atoms with E-state index in [0.717, 1.165) is 27.8 Å². The van der Waals surface area contributed by atoms with Gasteiger partial charge in [-0.25, -0.2) is 0 Å². The highest BCUT2D eigenvalue weighted by Crippen LogP contribution is 2.23. The summed E-state index contributed by atoms with van der Waals surface area (Å²) in [6.45, 7) is 2.54. The zero-order valence-electron chi connectivity index (χ0n) is 13.6. The number of H-pyrrole nitrogens is 1. The van der Waals surface area contributed by atoms with Crippen molar-refractivity contribution in [2.45, 2.75) is 13.5 Å². The number of carbonyl (C=O) groups excluding carboxylic acids is 1. The second kappa shape index (κ2) is 6.16. The number of para-hydroxylation sites is 1. The van der Waals surface area contributed by atoms with Gasteiger partial charge in [0.2, 0.25) is 0 Å². The lowest BCUT2D eigenvalue weighted by atomic mass is 10.1. The summed E-state index contributed by atoms with van der Waals surface area (Å²) in [5.41, 5.74) is 3.81. The molecule has 1 amide bonds. The predicted octanol–water partition coefficient (Wildman–Crippen LogP) is 3.76. The van der Waals surface area contributed by atoms with Gasteiger partial charge in [-0.05, 0) is 19.1 Å². The lowest BCUT2D eigenvalue weighted by Crippen LogP contribution is -2.26. The number of nitrogens with zero attached hydrogens (tertiary/aromatic N) is 1. The van der Waals surface area contributed by atoms with Crippen LogP contribution < -0.4 is 4.74 Å². The van der Waals surface area contributed by atoms with Gasteiger partial charge < -0.3 is 14.6 Å². The number of fused-ring (bicyclic) bond motifs is 1. The van der Waals surface area contributed by atoms with E-state index in [2.05, 4.69) is 11.1 Å². The maximum atomic E-state index is 12.8. The van der Waals surface area contributed by atoms with Crippen molar-refractivity contribution in [3.05, 3.63) is 65.4 Å². The molecule has 0 saturated heterocycles. The van der Waals surface area contributed by atoms with Gasteiger partial charge >= 0.3 is 0 Å². The largest absolute Gasteiger partial charge is 0.496 e. The standard InChI is InChI=1S/C19H20N2O2/c1-13-8-9-18(23-3)14(10-13)12-21(2)19(22)16-11-20-17-7-5-4-6-15(16)17/h4-11,20H,12H2,1-3H3. The van der Waals surface area contributed by atoms with Crippen LogP contribution in [0, 0.1) is 6.92 Å². The number of aryl methyl sites for hydroxylation is 1. The molecular formula is C19H20N2O2. The van der Waals surface area contributed by atoms with E-state index in [-0.39, 0.29) is 5.91 Å². The Morgan fingerprint density at radius 2 is 2.00 bits per heavy atom. The normalized spacial score (nSPS) is 10.7. The van der Waals surface area contributed by atoms with Crippen LogP contribution in [-0.2, 0) is 6.54 Å². The minimum Gasteiger partial charge on any atom is -0.496 e. The highest BCUT2D eigenvalue weighted by atomic mass is 16.5. The van der Waals surface area contributed by atoms with E-state index in [9.17, 15) is 4.79 Å². The molecular weight excluding hydrogens is 288 g/mol. The molecule has 0 aliphatic carbocycles. The molecule has 4 nitrogen and oxygen atoms in total. The molecule has 0 bridgehead atoms. The number of aromatic nitrogens is 1. The van der Waals surface area contributed by atoms with Crippen LogP contribution in [0.2, 0.25) is 0 Å². The molecule has 4 heteroatoms. The van der Waals surface area contributed by atoms with E-state index in [0.29, 0.717) is 12.1 Å². The highest BCUT2D eigenvalue weighted by molar-refractivity contribution is 6.06. The first-order valence-electron chi connectivity index (χ1n) is 7.55. The zero-order valence-corrected chi connectivity index (χ0v) is 13.6. The molecule has 2 aromatic carbocycles. The monoisotopic (exact) mass is 308 g/mol. The van der Waals surface area contributed by atoms with Gasteiger partial charge in [0.05, 0.1) is 12.7 Å². The molecule has 118 valence electrons. The first-order chi connectivity index (χ1) is 11.1. The summed E-state index contributed by atoms with van der Waals surface area (Å²) < 4.78 is 5.40. The van der Waals surface area contributed by atoms with Gasteiger partial charge in [-0.3, -0.25) is 4.79 Å². The molecule has 0 fully saturated rings. The number of hydrogen-bond donors (Lipinski definition) is 1. The Hall–Kier alpha value is -2.75. The lowest BCUT2D eigenvalue weighted by Gasteiger charge is -2.19. The van der Waals surface area contributed by atoms with Crippen LogP contribution in [-0.4, -0.2) is 29.9 Å². The summed E-state index contributed by atoms with van der Waals surface area (Å²) in [5.74, 6) is 0.792. The fraction of sp³-hybridized carbons (Fsp3) is 0.211. The Kier molecular flexibility index (Phi) is 4.06. The number of carbonyl (C=O) groups is 1. The van der Waals surface area contributed by atoms with Crippen LogP contribution in [0.1, 0.15) is 21.5 Å². The van der Waals surface area contributed by atoms with Gasteiger partial charge in [0.1, 0.15) is 5.75 Å². The molecule has 0 aliphatic rings. The molecule has 0 aliphatic heterocycles. The molecule has 1 aromatic heterocycles. The molecule has 3 aromatic rings. The molecule has 0 saturated carbocycles. The number of nitrogens with one attached hydrogen (secondary N) is 1. The van der Waals surface area contributed by atoms with Gasteiger partial charge in [0, 0.05) is 36.3 Å². The van der Waals surface area contributed by atoms with E-state index in [1.165, 1.54) is 0 Å². The Morgan fingerprint density at radius 3 is 2.78 bits per heavy atom. The highest BCUT2D eigenvalue weighted by Gasteiger charge is 2.17. The van der Waals surface area contributed by atoms with E-state index in [4.69, 9.17) is 4.74 Å². The first-order valence-corrected chi connectivity index (χ1v) is 7.55. The van der Waals surface area contributed by atoms with E-state index < -0.39 is 0 Å². The minimum absolute atomic E-state index is 0.00832. The maximum absolute atomic E-state index is 12.8. The summed E-state index contributed by atoms with van der Waals surface area (Å²) in [6, 6.07) is 13.8. The zero-order chi connectivity index (χ0) is 16.4. The van der Waals surface area contributed by atoms with Crippen molar-refractivity contribution >= 4 is 16.8 Å².